The average Bonchev–Trinajstić information content (AvgIpc) is 3.10. The van der Waals surface area contributed by atoms with E-state index in [9.17, 15) is 4.79 Å². The molecule has 1 aromatic heterocycles. The van der Waals surface area contributed by atoms with Crippen molar-refractivity contribution in [3.05, 3.63) is 57.7 Å². The van der Waals surface area contributed by atoms with Crippen LogP contribution in [-0.4, -0.2) is 30.8 Å². The van der Waals surface area contributed by atoms with E-state index in [0.29, 0.717) is 24.6 Å². The van der Waals surface area contributed by atoms with E-state index < -0.39 is 0 Å². The van der Waals surface area contributed by atoms with E-state index in [1.54, 1.807) is 18.4 Å². The zero-order valence-electron chi connectivity index (χ0n) is 16.7. The monoisotopic (exact) mass is 409 g/mol. The van der Waals surface area contributed by atoms with Gasteiger partial charge in [-0.1, -0.05) is 17.7 Å². The van der Waals surface area contributed by atoms with Gasteiger partial charge in [-0.15, -0.1) is 11.3 Å². The maximum absolute atomic E-state index is 11.7. The van der Waals surface area contributed by atoms with Crippen molar-refractivity contribution in [2.45, 2.75) is 20.4 Å². The number of ether oxygens (including phenoxy) is 2. The van der Waals surface area contributed by atoms with Crippen LogP contribution >= 0.6 is 11.3 Å². The highest BCUT2D eigenvalue weighted by atomic mass is 32.1. The molecule has 29 heavy (non-hydrogen) atoms. The second kappa shape index (κ2) is 8.23. The van der Waals surface area contributed by atoms with Crippen LogP contribution in [0.2, 0.25) is 0 Å². The Bertz CT molecular complexity index is 1130. The molecule has 0 saturated carbocycles. The molecule has 0 unspecified atom stereocenters. The molecule has 2 aromatic carbocycles. The topological polar surface area (TPSA) is 64.8 Å². The lowest BCUT2D eigenvalue weighted by atomic mass is 10.1. The third-order valence-electron chi connectivity index (χ3n) is 4.79. The standard InChI is InChI=1S/C22H23N3O3S/c1-14-4-6-17(15(2)10-14)24-22-25(8-9-27-3)19(13-29-22)16-5-7-20-18(11-16)23-21(26)12-28-20/h4-7,10-11,13H,8-9,12H2,1-3H3,(H,23,26). The van der Waals surface area contributed by atoms with Gasteiger partial charge in [-0.25, -0.2) is 4.99 Å². The van der Waals surface area contributed by atoms with Crippen LogP contribution in [0, 0.1) is 13.8 Å². The van der Waals surface area contributed by atoms with Crippen molar-refractivity contribution in [3.63, 3.8) is 0 Å². The van der Waals surface area contributed by atoms with E-state index in [2.05, 4.69) is 47.3 Å². The van der Waals surface area contributed by atoms with E-state index in [1.807, 2.05) is 18.2 Å². The van der Waals surface area contributed by atoms with Crippen molar-refractivity contribution < 1.29 is 14.3 Å². The zero-order valence-corrected chi connectivity index (χ0v) is 17.5. The number of aromatic nitrogens is 1. The molecule has 0 spiro atoms. The number of nitrogens with one attached hydrogen (secondary N) is 1. The number of hydrogen-bond acceptors (Lipinski definition) is 5. The molecule has 0 bridgehead atoms. The third kappa shape index (κ3) is 4.11. The molecule has 6 nitrogen and oxygen atoms in total. The van der Waals surface area contributed by atoms with E-state index in [0.717, 1.165) is 27.3 Å². The van der Waals surface area contributed by atoms with Gasteiger partial charge in [-0.05, 0) is 43.7 Å². The second-order valence-corrected chi connectivity index (χ2v) is 7.83. The Labute approximate surface area is 173 Å². The summed E-state index contributed by atoms with van der Waals surface area (Å²) < 4.78 is 12.9. The fourth-order valence-corrected chi connectivity index (χ4v) is 4.27. The van der Waals surface area contributed by atoms with Crippen LogP contribution in [-0.2, 0) is 16.1 Å². The van der Waals surface area contributed by atoms with Crippen molar-refractivity contribution in [2.24, 2.45) is 4.99 Å². The van der Waals surface area contributed by atoms with Crippen LogP contribution in [0.5, 0.6) is 5.75 Å². The molecule has 0 atom stereocenters. The first-order chi connectivity index (χ1) is 14.0. The minimum absolute atomic E-state index is 0.0531. The molecule has 0 fully saturated rings. The van der Waals surface area contributed by atoms with Gasteiger partial charge >= 0.3 is 0 Å². The van der Waals surface area contributed by atoms with Crippen molar-refractivity contribution >= 4 is 28.6 Å². The molecule has 0 saturated heterocycles. The molecule has 1 aliphatic rings. The molecule has 7 heteroatoms. The number of carbonyl (C=O) groups excluding carboxylic acids is 1. The zero-order chi connectivity index (χ0) is 20.4. The predicted molar refractivity (Wildman–Crippen MR) is 115 cm³/mol. The fourth-order valence-electron chi connectivity index (χ4n) is 3.32. The Kier molecular flexibility index (Phi) is 5.51. The number of amides is 1. The van der Waals surface area contributed by atoms with Gasteiger partial charge in [0.15, 0.2) is 11.4 Å². The Morgan fingerprint density at radius 3 is 2.90 bits per heavy atom. The van der Waals surface area contributed by atoms with Gasteiger partial charge in [0.25, 0.3) is 5.91 Å². The van der Waals surface area contributed by atoms with Gasteiger partial charge in [-0.2, -0.15) is 0 Å². The van der Waals surface area contributed by atoms with Crippen LogP contribution in [0.25, 0.3) is 11.3 Å². The van der Waals surface area contributed by atoms with Crippen LogP contribution in [0.3, 0.4) is 0 Å². The molecular formula is C22H23N3O3S. The minimum atomic E-state index is -0.141. The van der Waals surface area contributed by atoms with E-state index >= 15 is 0 Å². The quantitative estimate of drug-likeness (QED) is 0.692. The summed E-state index contributed by atoms with van der Waals surface area (Å²) in [5, 5.41) is 4.96. The molecule has 4 rings (SSSR count). The average molecular weight is 410 g/mol. The maximum atomic E-state index is 11.7. The Hall–Kier alpha value is -2.90. The fraction of sp³-hybridized carbons (Fsp3) is 0.273. The van der Waals surface area contributed by atoms with Gasteiger partial charge in [0.2, 0.25) is 0 Å². The summed E-state index contributed by atoms with van der Waals surface area (Å²) in [6, 6.07) is 12.1. The van der Waals surface area contributed by atoms with Gasteiger partial charge in [0.1, 0.15) is 5.75 Å². The van der Waals surface area contributed by atoms with Gasteiger partial charge < -0.3 is 19.4 Å². The molecule has 150 valence electrons. The number of benzene rings is 2. The molecule has 0 radical (unpaired) electrons. The molecule has 2 heterocycles. The lowest BCUT2D eigenvalue weighted by molar-refractivity contribution is -0.118. The lowest BCUT2D eigenvalue weighted by Gasteiger charge is -2.19. The van der Waals surface area contributed by atoms with Crippen molar-refractivity contribution in [1.82, 2.24) is 4.57 Å². The van der Waals surface area contributed by atoms with E-state index in [4.69, 9.17) is 14.5 Å². The normalized spacial score (nSPS) is 13.8. The SMILES string of the molecule is COCCn1c(-c2ccc3c(c2)NC(=O)CO3)csc1=Nc1ccc(C)cc1C. The highest BCUT2D eigenvalue weighted by Crippen LogP contribution is 2.33. The van der Waals surface area contributed by atoms with Gasteiger partial charge in [0, 0.05) is 24.6 Å². The number of carbonyl (C=O) groups is 1. The van der Waals surface area contributed by atoms with Crippen LogP contribution in [0.4, 0.5) is 11.4 Å². The summed E-state index contributed by atoms with van der Waals surface area (Å²) in [7, 11) is 1.69. The number of fused-ring (bicyclic) bond motifs is 1. The second-order valence-electron chi connectivity index (χ2n) is 7.00. The van der Waals surface area contributed by atoms with E-state index in [-0.39, 0.29) is 12.5 Å². The smallest absolute Gasteiger partial charge is 0.262 e. The highest BCUT2D eigenvalue weighted by Gasteiger charge is 2.17. The summed E-state index contributed by atoms with van der Waals surface area (Å²) in [6.07, 6.45) is 0. The Balaban J connectivity index is 1.79. The summed E-state index contributed by atoms with van der Waals surface area (Å²) in [5.41, 5.74) is 6.03. The third-order valence-corrected chi connectivity index (χ3v) is 5.66. The Morgan fingerprint density at radius 1 is 1.24 bits per heavy atom. The van der Waals surface area contributed by atoms with Crippen molar-refractivity contribution in [3.8, 4) is 17.0 Å². The Morgan fingerprint density at radius 2 is 2.10 bits per heavy atom. The van der Waals surface area contributed by atoms with Crippen LogP contribution in [0.15, 0.2) is 46.8 Å². The van der Waals surface area contributed by atoms with E-state index in [1.165, 1.54) is 5.56 Å². The number of hydrogen-bond donors (Lipinski definition) is 1. The van der Waals surface area contributed by atoms with Crippen LogP contribution in [0.1, 0.15) is 11.1 Å². The summed E-state index contributed by atoms with van der Waals surface area (Å²) in [4.78, 5) is 17.5. The predicted octanol–water partition coefficient (Wildman–Crippen LogP) is 4.04. The number of methoxy groups -OCH3 is 1. The first kappa shape index (κ1) is 19.4. The van der Waals surface area contributed by atoms with Gasteiger partial charge in [0.05, 0.1) is 23.7 Å². The highest BCUT2D eigenvalue weighted by molar-refractivity contribution is 7.07. The number of anilines is 1. The molecule has 1 aliphatic heterocycles. The van der Waals surface area contributed by atoms with Crippen molar-refractivity contribution in [2.75, 3.05) is 25.6 Å². The van der Waals surface area contributed by atoms with Gasteiger partial charge in [-0.3, -0.25) is 4.79 Å². The number of thiazole rings is 1. The summed E-state index contributed by atoms with van der Waals surface area (Å²) >= 11 is 1.59. The molecule has 3 aromatic rings. The largest absolute Gasteiger partial charge is 0.482 e. The van der Waals surface area contributed by atoms with Crippen molar-refractivity contribution in [1.29, 1.82) is 0 Å². The summed E-state index contributed by atoms with van der Waals surface area (Å²) in [5.74, 6) is 0.546. The molecular weight excluding hydrogens is 386 g/mol. The lowest BCUT2D eigenvalue weighted by Crippen LogP contribution is -2.25. The number of nitrogens with zero attached hydrogens (tertiary/aromatic N) is 2. The maximum Gasteiger partial charge on any atom is 0.262 e. The first-order valence-electron chi connectivity index (χ1n) is 9.41. The minimum Gasteiger partial charge on any atom is -0.482 e. The number of rotatable bonds is 5. The molecule has 0 aliphatic carbocycles. The molecule has 1 amide bonds. The van der Waals surface area contributed by atoms with Crippen LogP contribution < -0.4 is 14.9 Å². The summed E-state index contributed by atoms with van der Waals surface area (Å²) in [6.45, 7) is 5.47. The molecule has 1 N–H and O–H groups in total. The number of aryl methyl sites for hydroxylation is 2. The first-order valence-corrected chi connectivity index (χ1v) is 10.3.